The third kappa shape index (κ3) is 7.22. The summed E-state index contributed by atoms with van der Waals surface area (Å²) < 4.78 is 28.8. The van der Waals surface area contributed by atoms with E-state index in [-0.39, 0.29) is 23.4 Å². The van der Waals surface area contributed by atoms with Gasteiger partial charge in [-0.2, -0.15) is 0 Å². The Morgan fingerprint density at radius 3 is 2.00 bits per heavy atom. The van der Waals surface area contributed by atoms with Gasteiger partial charge in [0, 0.05) is 12.6 Å². The van der Waals surface area contributed by atoms with Gasteiger partial charge in [-0.1, -0.05) is 59.7 Å². The van der Waals surface area contributed by atoms with Crippen LogP contribution in [0, 0.1) is 20.8 Å². The van der Waals surface area contributed by atoms with Crippen LogP contribution in [0.15, 0.2) is 77.7 Å². The summed E-state index contributed by atoms with van der Waals surface area (Å²) in [5.74, 6) is -0.778. The number of hydrogen-bond donors (Lipinski definition) is 1. The van der Waals surface area contributed by atoms with Crippen molar-refractivity contribution in [1.29, 1.82) is 0 Å². The maximum atomic E-state index is 13.9. The van der Waals surface area contributed by atoms with Crippen molar-refractivity contribution < 1.29 is 18.0 Å². The van der Waals surface area contributed by atoms with E-state index in [1.807, 2.05) is 65.0 Å². The predicted molar refractivity (Wildman–Crippen MR) is 151 cm³/mol. The van der Waals surface area contributed by atoms with Crippen molar-refractivity contribution in [2.75, 3.05) is 10.8 Å². The SMILES string of the molecule is Cc1ccc(S(=O)(=O)N(CC(=O)N(Cc2cccc(C)c2)C(C)C(=O)NC(C)C)c2cccc(C)c2)cc1. The number of carbonyl (C=O) groups is 2. The van der Waals surface area contributed by atoms with Crippen molar-refractivity contribution >= 4 is 27.5 Å². The fraction of sp³-hybridized carbons (Fsp3) is 0.333. The minimum Gasteiger partial charge on any atom is -0.352 e. The molecule has 8 heteroatoms. The molecule has 1 unspecified atom stereocenters. The Kier molecular flexibility index (Phi) is 9.33. The second kappa shape index (κ2) is 12.3. The van der Waals surface area contributed by atoms with E-state index < -0.39 is 28.5 Å². The quantitative estimate of drug-likeness (QED) is 0.406. The largest absolute Gasteiger partial charge is 0.352 e. The number of carbonyl (C=O) groups excluding carboxylic acids is 2. The fourth-order valence-corrected chi connectivity index (χ4v) is 5.55. The van der Waals surface area contributed by atoms with Crippen molar-refractivity contribution in [3.8, 4) is 0 Å². The third-order valence-corrected chi connectivity index (χ3v) is 8.00. The average molecular weight is 536 g/mol. The molecule has 0 spiro atoms. The first-order valence-electron chi connectivity index (χ1n) is 12.7. The summed E-state index contributed by atoms with van der Waals surface area (Å²) in [7, 11) is -4.08. The fourth-order valence-electron chi connectivity index (χ4n) is 4.14. The molecule has 0 heterocycles. The molecular weight excluding hydrogens is 498 g/mol. The highest BCUT2D eigenvalue weighted by molar-refractivity contribution is 7.92. The Bertz CT molecular complexity index is 1380. The normalized spacial score (nSPS) is 12.2. The number of hydrogen-bond acceptors (Lipinski definition) is 4. The van der Waals surface area contributed by atoms with Crippen LogP contribution in [0.5, 0.6) is 0 Å². The summed E-state index contributed by atoms with van der Waals surface area (Å²) in [6.45, 7) is 10.8. The first-order chi connectivity index (χ1) is 17.9. The summed E-state index contributed by atoms with van der Waals surface area (Å²) in [4.78, 5) is 28.4. The summed E-state index contributed by atoms with van der Waals surface area (Å²) in [5.41, 5.74) is 4.05. The highest BCUT2D eigenvalue weighted by Gasteiger charge is 2.32. The molecule has 1 atom stereocenters. The molecule has 7 nitrogen and oxygen atoms in total. The topological polar surface area (TPSA) is 86.8 Å². The molecule has 0 saturated carbocycles. The number of nitrogens with zero attached hydrogens (tertiary/aromatic N) is 2. The van der Waals surface area contributed by atoms with Gasteiger partial charge in [0.05, 0.1) is 10.6 Å². The number of anilines is 1. The Morgan fingerprint density at radius 2 is 1.42 bits per heavy atom. The van der Waals surface area contributed by atoms with Gasteiger partial charge in [-0.25, -0.2) is 8.42 Å². The molecule has 0 aliphatic heterocycles. The Morgan fingerprint density at radius 1 is 0.816 bits per heavy atom. The maximum absolute atomic E-state index is 13.9. The van der Waals surface area contributed by atoms with Crippen LogP contribution in [-0.4, -0.2) is 43.8 Å². The van der Waals surface area contributed by atoms with E-state index in [0.717, 1.165) is 26.6 Å². The van der Waals surface area contributed by atoms with Gasteiger partial charge in [0.2, 0.25) is 11.8 Å². The predicted octanol–water partition coefficient (Wildman–Crippen LogP) is 4.75. The van der Waals surface area contributed by atoms with E-state index in [1.165, 1.54) is 4.90 Å². The van der Waals surface area contributed by atoms with Crippen molar-refractivity contribution in [3.05, 3.63) is 95.1 Å². The average Bonchev–Trinajstić information content (AvgIpc) is 2.85. The van der Waals surface area contributed by atoms with E-state index in [0.29, 0.717) is 5.69 Å². The van der Waals surface area contributed by atoms with Crippen LogP contribution in [0.1, 0.15) is 43.0 Å². The van der Waals surface area contributed by atoms with Crippen molar-refractivity contribution in [2.24, 2.45) is 0 Å². The lowest BCUT2D eigenvalue weighted by Crippen LogP contribution is -2.52. The summed E-state index contributed by atoms with van der Waals surface area (Å²) in [6, 6.07) is 20.4. The standard InChI is InChI=1S/C30H37N3O4S/c1-21(2)31-30(35)25(6)32(19-26-11-7-9-23(4)17-26)29(34)20-33(27-12-8-10-24(5)18-27)38(36,37)28-15-13-22(3)14-16-28/h7-18,21,25H,19-20H2,1-6H3,(H,31,35). The molecule has 0 aliphatic rings. The van der Waals surface area contributed by atoms with E-state index in [2.05, 4.69) is 5.32 Å². The maximum Gasteiger partial charge on any atom is 0.264 e. The molecule has 0 radical (unpaired) electrons. The van der Waals surface area contributed by atoms with Crippen molar-refractivity contribution in [3.63, 3.8) is 0 Å². The molecule has 3 rings (SSSR count). The number of sulfonamides is 1. The number of nitrogens with one attached hydrogen (secondary N) is 1. The zero-order valence-electron chi connectivity index (χ0n) is 22.9. The van der Waals surface area contributed by atoms with Gasteiger partial charge in [0.15, 0.2) is 0 Å². The van der Waals surface area contributed by atoms with Gasteiger partial charge in [-0.15, -0.1) is 0 Å². The number of benzene rings is 3. The number of amides is 2. The van der Waals surface area contributed by atoms with Gasteiger partial charge in [0.25, 0.3) is 10.0 Å². The Labute approximate surface area is 226 Å². The van der Waals surface area contributed by atoms with Crippen LogP contribution in [0.3, 0.4) is 0 Å². The Hall–Kier alpha value is -3.65. The molecule has 3 aromatic rings. The summed E-state index contributed by atoms with van der Waals surface area (Å²) >= 11 is 0. The van der Waals surface area contributed by atoms with Gasteiger partial charge in [-0.3, -0.25) is 13.9 Å². The van der Waals surface area contributed by atoms with Crippen LogP contribution >= 0.6 is 0 Å². The van der Waals surface area contributed by atoms with E-state index >= 15 is 0 Å². The minimum atomic E-state index is -4.08. The zero-order chi connectivity index (χ0) is 28.0. The highest BCUT2D eigenvalue weighted by atomic mass is 32.2. The zero-order valence-corrected chi connectivity index (χ0v) is 23.7. The molecule has 0 aromatic heterocycles. The Balaban J connectivity index is 2.03. The smallest absolute Gasteiger partial charge is 0.264 e. The summed E-state index contributed by atoms with van der Waals surface area (Å²) in [5, 5.41) is 2.86. The van der Waals surface area contributed by atoms with Crippen LogP contribution in [-0.2, 0) is 26.2 Å². The van der Waals surface area contributed by atoms with Crippen molar-refractivity contribution in [2.45, 2.75) is 65.1 Å². The van der Waals surface area contributed by atoms with Crippen LogP contribution in [0.4, 0.5) is 5.69 Å². The van der Waals surface area contributed by atoms with Crippen LogP contribution < -0.4 is 9.62 Å². The summed E-state index contributed by atoms with van der Waals surface area (Å²) in [6.07, 6.45) is 0. The highest BCUT2D eigenvalue weighted by Crippen LogP contribution is 2.25. The molecule has 2 amide bonds. The molecular formula is C30H37N3O4S. The van der Waals surface area contributed by atoms with E-state index in [9.17, 15) is 18.0 Å². The van der Waals surface area contributed by atoms with Crippen molar-refractivity contribution in [1.82, 2.24) is 10.2 Å². The molecule has 0 aliphatic carbocycles. The minimum absolute atomic E-state index is 0.0910. The number of rotatable bonds is 10. The molecule has 0 bridgehead atoms. The second-order valence-corrected chi connectivity index (χ2v) is 11.9. The molecule has 0 fully saturated rings. The van der Waals surface area contributed by atoms with Crippen LogP contribution in [0.2, 0.25) is 0 Å². The van der Waals surface area contributed by atoms with E-state index in [4.69, 9.17) is 0 Å². The molecule has 202 valence electrons. The molecule has 1 N–H and O–H groups in total. The number of aryl methyl sites for hydroxylation is 3. The van der Waals surface area contributed by atoms with Gasteiger partial charge < -0.3 is 10.2 Å². The first kappa shape index (κ1) is 28.9. The third-order valence-electron chi connectivity index (χ3n) is 6.21. The lowest BCUT2D eigenvalue weighted by Gasteiger charge is -2.32. The second-order valence-electron chi connectivity index (χ2n) is 10.0. The van der Waals surface area contributed by atoms with Gasteiger partial charge >= 0.3 is 0 Å². The molecule has 3 aromatic carbocycles. The molecule has 0 saturated heterocycles. The lowest BCUT2D eigenvalue weighted by molar-refractivity contribution is -0.139. The lowest BCUT2D eigenvalue weighted by atomic mass is 10.1. The monoisotopic (exact) mass is 535 g/mol. The molecule has 38 heavy (non-hydrogen) atoms. The van der Waals surface area contributed by atoms with Crippen LogP contribution in [0.25, 0.3) is 0 Å². The van der Waals surface area contributed by atoms with Gasteiger partial charge in [0.1, 0.15) is 12.6 Å². The van der Waals surface area contributed by atoms with E-state index in [1.54, 1.807) is 49.4 Å². The first-order valence-corrected chi connectivity index (χ1v) is 14.1. The van der Waals surface area contributed by atoms with Gasteiger partial charge in [-0.05, 0) is 76.9 Å².